The molecule has 0 amide bonds. The fraction of sp³-hybridized carbons (Fsp3) is 0.0833. The first-order chi connectivity index (χ1) is 7.97. The van der Waals surface area contributed by atoms with Gasteiger partial charge in [0.2, 0.25) is 0 Å². The first kappa shape index (κ1) is 11.6. The van der Waals surface area contributed by atoms with Crippen LogP contribution >= 0.6 is 0 Å². The van der Waals surface area contributed by atoms with Crippen molar-refractivity contribution in [3.63, 3.8) is 0 Å². The number of hydrogen-bond donors (Lipinski definition) is 1. The van der Waals surface area contributed by atoms with Crippen LogP contribution in [0.1, 0.15) is 0 Å². The minimum Gasteiger partial charge on any atom is -0.506 e. The molecule has 0 fully saturated rings. The van der Waals surface area contributed by atoms with Crippen molar-refractivity contribution in [2.45, 2.75) is 4.90 Å². The third-order valence-corrected chi connectivity index (χ3v) is 3.42. The maximum Gasteiger partial charge on any atom is 0.175 e. The van der Waals surface area contributed by atoms with Crippen LogP contribution < -0.4 is 0 Å². The van der Waals surface area contributed by atoms with Crippen LogP contribution in [0.4, 0.5) is 0 Å². The molecule has 0 bridgehead atoms. The second-order valence-electron chi connectivity index (χ2n) is 3.70. The Balaban J connectivity index is 2.50. The number of hydrogen-bond acceptors (Lipinski definition) is 4. The first-order valence-electron chi connectivity index (χ1n) is 4.92. The predicted octanol–water partition coefficient (Wildman–Crippen LogP) is 1.86. The maximum absolute atomic E-state index is 11.4. The number of aromatic nitrogens is 1. The van der Waals surface area contributed by atoms with Gasteiger partial charge >= 0.3 is 0 Å². The van der Waals surface area contributed by atoms with E-state index in [4.69, 9.17) is 5.11 Å². The maximum atomic E-state index is 11.4. The van der Waals surface area contributed by atoms with Gasteiger partial charge in [-0.2, -0.15) is 0 Å². The summed E-state index contributed by atoms with van der Waals surface area (Å²) in [6, 6.07) is 9.69. The molecule has 2 aromatic rings. The van der Waals surface area contributed by atoms with E-state index in [-0.39, 0.29) is 10.6 Å². The van der Waals surface area contributed by atoms with Gasteiger partial charge in [0.1, 0.15) is 5.75 Å². The molecule has 0 aliphatic heterocycles. The van der Waals surface area contributed by atoms with Gasteiger partial charge in [-0.15, -0.1) is 0 Å². The summed E-state index contributed by atoms with van der Waals surface area (Å²) >= 11 is 0. The molecule has 5 heteroatoms. The van der Waals surface area contributed by atoms with E-state index in [1.165, 1.54) is 12.3 Å². The molecular weight excluding hydrogens is 238 g/mol. The highest BCUT2D eigenvalue weighted by molar-refractivity contribution is 7.90. The second-order valence-corrected chi connectivity index (χ2v) is 5.72. The Labute approximate surface area is 99.5 Å². The molecular formula is C12H11NO3S. The summed E-state index contributed by atoms with van der Waals surface area (Å²) in [6.45, 7) is 0. The van der Waals surface area contributed by atoms with E-state index in [2.05, 4.69) is 4.98 Å². The fourth-order valence-corrected chi connectivity index (χ4v) is 2.11. The van der Waals surface area contributed by atoms with E-state index in [1.807, 2.05) is 0 Å². The minimum atomic E-state index is -3.22. The van der Waals surface area contributed by atoms with Gasteiger partial charge in [-0.25, -0.2) is 8.42 Å². The molecule has 0 spiro atoms. The van der Waals surface area contributed by atoms with Gasteiger partial charge in [-0.05, 0) is 24.3 Å². The Morgan fingerprint density at radius 3 is 2.53 bits per heavy atom. The van der Waals surface area contributed by atoms with Crippen LogP contribution in [-0.2, 0) is 9.84 Å². The number of pyridine rings is 1. The number of benzene rings is 1. The molecule has 0 saturated heterocycles. The molecule has 1 N–H and O–H groups in total. The highest BCUT2D eigenvalue weighted by atomic mass is 32.2. The predicted molar refractivity (Wildman–Crippen MR) is 64.4 cm³/mol. The van der Waals surface area contributed by atoms with Crippen LogP contribution in [-0.4, -0.2) is 24.8 Å². The van der Waals surface area contributed by atoms with Crippen molar-refractivity contribution in [1.82, 2.24) is 4.98 Å². The topological polar surface area (TPSA) is 67.3 Å². The van der Waals surface area contributed by atoms with Crippen molar-refractivity contribution < 1.29 is 13.5 Å². The molecule has 2 rings (SSSR count). The highest BCUT2D eigenvalue weighted by Crippen LogP contribution is 2.21. The average molecular weight is 249 g/mol. The number of sulfone groups is 1. The van der Waals surface area contributed by atoms with Crippen molar-refractivity contribution in [3.05, 3.63) is 42.6 Å². The van der Waals surface area contributed by atoms with Crippen LogP contribution in [0, 0.1) is 0 Å². The fourth-order valence-electron chi connectivity index (χ4n) is 1.44. The van der Waals surface area contributed by atoms with Gasteiger partial charge in [-0.3, -0.25) is 4.98 Å². The van der Waals surface area contributed by atoms with Gasteiger partial charge < -0.3 is 5.11 Å². The Bertz CT molecular complexity index is 633. The number of aromatic hydroxyl groups is 1. The Morgan fingerprint density at radius 2 is 1.94 bits per heavy atom. The van der Waals surface area contributed by atoms with E-state index in [1.54, 1.807) is 30.3 Å². The normalized spacial score (nSPS) is 11.4. The lowest BCUT2D eigenvalue weighted by atomic mass is 10.1. The summed E-state index contributed by atoms with van der Waals surface area (Å²) in [5, 5.41) is 9.13. The van der Waals surface area contributed by atoms with E-state index >= 15 is 0 Å². The van der Waals surface area contributed by atoms with Crippen molar-refractivity contribution >= 4 is 9.84 Å². The van der Waals surface area contributed by atoms with Crippen molar-refractivity contribution in [1.29, 1.82) is 0 Å². The van der Waals surface area contributed by atoms with Gasteiger partial charge in [0.25, 0.3) is 0 Å². The van der Waals surface area contributed by atoms with E-state index < -0.39 is 9.84 Å². The van der Waals surface area contributed by atoms with E-state index in [9.17, 15) is 8.42 Å². The summed E-state index contributed by atoms with van der Waals surface area (Å²) in [6.07, 6.45) is 2.48. The molecule has 4 nitrogen and oxygen atoms in total. The molecule has 0 radical (unpaired) electrons. The summed E-state index contributed by atoms with van der Waals surface area (Å²) in [4.78, 5) is 4.28. The van der Waals surface area contributed by atoms with Gasteiger partial charge in [0.15, 0.2) is 9.84 Å². The molecule has 1 aromatic carbocycles. The third-order valence-electron chi connectivity index (χ3n) is 2.31. The van der Waals surface area contributed by atoms with Crippen LogP contribution in [0.25, 0.3) is 11.3 Å². The van der Waals surface area contributed by atoms with Gasteiger partial charge in [0, 0.05) is 11.8 Å². The first-order valence-corrected chi connectivity index (χ1v) is 6.81. The summed E-state index contributed by atoms with van der Waals surface area (Å²) in [5.74, 6) is 0.0769. The number of rotatable bonds is 2. The zero-order valence-electron chi connectivity index (χ0n) is 9.16. The second kappa shape index (κ2) is 4.18. The zero-order valence-corrected chi connectivity index (χ0v) is 9.98. The molecule has 0 atom stereocenters. The molecule has 1 heterocycles. The van der Waals surface area contributed by atoms with Crippen molar-refractivity contribution in [2.24, 2.45) is 0 Å². The van der Waals surface area contributed by atoms with E-state index in [0.717, 1.165) is 6.26 Å². The molecule has 1 aromatic heterocycles. The Morgan fingerprint density at radius 1 is 1.18 bits per heavy atom. The molecule has 17 heavy (non-hydrogen) atoms. The largest absolute Gasteiger partial charge is 0.506 e. The van der Waals surface area contributed by atoms with Crippen LogP contribution in [0.15, 0.2) is 47.5 Å². The van der Waals surface area contributed by atoms with E-state index in [0.29, 0.717) is 11.3 Å². The third kappa shape index (κ3) is 2.62. The summed E-state index contributed by atoms with van der Waals surface area (Å²) in [7, 11) is -3.22. The molecule has 0 unspecified atom stereocenters. The lowest BCUT2D eigenvalue weighted by Crippen LogP contribution is -1.97. The van der Waals surface area contributed by atoms with Gasteiger partial charge in [0.05, 0.1) is 16.8 Å². The monoisotopic (exact) mass is 249 g/mol. The minimum absolute atomic E-state index is 0.0769. The highest BCUT2D eigenvalue weighted by Gasteiger charge is 2.08. The standard InChI is InChI=1S/C12H11NO3S/c1-17(15,16)11-4-2-3-9(7-11)12-6-5-10(14)8-13-12/h2-8,14H,1H3. The summed E-state index contributed by atoms with van der Waals surface area (Å²) in [5.41, 5.74) is 1.32. The molecule has 0 aliphatic rings. The zero-order chi connectivity index (χ0) is 12.5. The van der Waals surface area contributed by atoms with Gasteiger partial charge in [-0.1, -0.05) is 12.1 Å². The van der Waals surface area contributed by atoms with Crippen LogP contribution in [0.5, 0.6) is 5.75 Å². The molecule has 88 valence electrons. The number of nitrogens with zero attached hydrogens (tertiary/aromatic N) is 1. The van der Waals surface area contributed by atoms with Crippen LogP contribution in [0.2, 0.25) is 0 Å². The lowest BCUT2D eigenvalue weighted by molar-refractivity contribution is 0.473. The summed E-state index contributed by atoms with van der Waals surface area (Å²) < 4.78 is 22.8. The Hall–Kier alpha value is -1.88. The average Bonchev–Trinajstić information content (AvgIpc) is 2.29. The molecule has 0 aliphatic carbocycles. The Kier molecular flexibility index (Phi) is 2.85. The van der Waals surface area contributed by atoms with Crippen molar-refractivity contribution in [3.8, 4) is 17.0 Å². The van der Waals surface area contributed by atoms with Crippen molar-refractivity contribution in [2.75, 3.05) is 6.26 Å². The smallest absolute Gasteiger partial charge is 0.175 e. The SMILES string of the molecule is CS(=O)(=O)c1cccc(-c2ccc(O)cn2)c1. The quantitative estimate of drug-likeness (QED) is 0.882. The van der Waals surface area contributed by atoms with Crippen LogP contribution in [0.3, 0.4) is 0 Å². The lowest BCUT2D eigenvalue weighted by Gasteiger charge is -2.03. The molecule has 0 saturated carbocycles.